The molecule has 76 valence electrons. The van der Waals surface area contributed by atoms with E-state index in [9.17, 15) is 4.79 Å². The number of ketones is 1. The highest BCUT2D eigenvalue weighted by Gasteiger charge is 2.13. The number of furan rings is 1. The van der Waals surface area contributed by atoms with Crippen LogP contribution < -0.4 is 5.50 Å². The summed E-state index contributed by atoms with van der Waals surface area (Å²) in [5.41, 5.74) is 0.968. The van der Waals surface area contributed by atoms with Crippen molar-refractivity contribution in [1.29, 1.82) is 0 Å². The average molecular weight is 210 g/mol. The third kappa shape index (κ3) is 2.33. The molecule has 0 fully saturated rings. The Labute approximate surface area is 85.8 Å². The zero-order valence-electron chi connectivity index (χ0n) is 8.62. The van der Waals surface area contributed by atoms with Crippen LogP contribution in [0.3, 0.4) is 0 Å². The summed E-state index contributed by atoms with van der Waals surface area (Å²) >= 11 is 0. The lowest BCUT2D eigenvalue weighted by Crippen LogP contribution is -2.01. The van der Waals surface area contributed by atoms with E-state index in [1.54, 1.807) is 6.07 Å². The van der Waals surface area contributed by atoms with Gasteiger partial charge in [0.15, 0.2) is 5.76 Å². The predicted octanol–water partition coefficient (Wildman–Crippen LogP) is 2.80. The zero-order valence-corrected chi connectivity index (χ0v) is 9.51. The molecular weight excluding hydrogens is 195 g/mol. The summed E-state index contributed by atoms with van der Waals surface area (Å²) in [6.45, 7) is 7.72. The maximum Gasteiger partial charge on any atom is 0.220 e. The average Bonchev–Trinajstić information content (AvgIpc) is 2.68. The molecule has 1 heterocycles. The van der Waals surface area contributed by atoms with Gasteiger partial charge in [-0.15, -0.1) is 0 Å². The van der Waals surface area contributed by atoms with Crippen LogP contribution in [0.15, 0.2) is 29.2 Å². The molecule has 2 nitrogen and oxygen atoms in total. The normalized spacial score (nSPS) is 10.5. The van der Waals surface area contributed by atoms with Crippen molar-refractivity contribution in [2.75, 3.05) is 12.3 Å². The van der Waals surface area contributed by atoms with E-state index in [1.165, 1.54) is 6.08 Å². The van der Waals surface area contributed by atoms with Gasteiger partial charge in [-0.3, -0.25) is 4.79 Å². The number of hydrogen-bond acceptors (Lipinski definition) is 2. The Bertz CT molecular complexity index is 324. The first kappa shape index (κ1) is 11.2. The molecule has 1 aromatic rings. The number of allylic oxidation sites excluding steroid dienone is 1. The molecule has 0 aliphatic carbocycles. The fourth-order valence-electron chi connectivity index (χ4n) is 1.27. The molecule has 0 radical (unpaired) electrons. The molecule has 0 N–H and O–H groups in total. The van der Waals surface area contributed by atoms with Crippen LogP contribution in [-0.2, 0) is 0 Å². The smallest absolute Gasteiger partial charge is 0.220 e. The highest BCUT2D eigenvalue weighted by Crippen LogP contribution is 2.33. The van der Waals surface area contributed by atoms with Crippen LogP contribution in [0, 0.1) is 0 Å². The fraction of sp³-hybridized carbons (Fsp3) is 0.364. The van der Waals surface area contributed by atoms with Crippen LogP contribution >= 0.6 is 7.92 Å². The number of hydrogen-bond donors (Lipinski definition) is 0. The van der Waals surface area contributed by atoms with Crippen LogP contribution in [0.5, 0.6) is 0 Å². The third-order valence-electron chi connectivity index (χ3n) is 2.10. The number of rotatable bonds is 5. The number of carbonyl (C=O) groups excluding carboxylic acids is 1. The second-order valence-electron chi connectivity index (χ2n) is 2.88. The monoisotopic (exact) mass is 210 g/mol. The molecule has 0 aliphatic rings. The standard InChI is InChI=1S/C11H15O2P/c1-4-9(12)10-7-8-11(13-10)14(5-2)6-3/h4,7-8H,1,5-6H2,2-3H3. The van der Waals surface area contributed by atoms with Crippen molar-refractivity contribution in [3.8, 4) is 0 Å². The lowest BCUT2D eigenvalue weighted by molar-refractivity contribution is 0.102. The second-order valence-corrected chi connectivity index (χ2v) is 5.66. The Hall–Kier alpha value is -0.880. The van der Waals surface area contributed by atoms with E-state index < -0.39 is 0 Å². The van der Waals surface area contributed by atoms with E-state index in [0.29, 0.717) is 5.76 Å². The zero-order chi connectivity index (χ0) is 10.6. The van der Waals surface area contributed by atoms with Crippen molar-refractivity contribution in [1.82, 2.24) is 0 Å². The van der Waals surface area contributed by atoms with E-state index in [-0.39, 0.29) is 13.7 Å². The summed E-state index contributed by atoms with van der Waals surface area (Å²) < 4.78 is 5.49. The molecule has 0 atom stereocenters. The van der Waals surface area contributed by atoms with Gasteiger partial charge in [0.1, 0.15) is 5.50 Å². The van der Waals surface area contributed by atoms with Crippen molar-refractivity contribution in [3.63, 3.8) is 0 Å². The summed E-state index contributed by atoms with van der Waals surface area (Å²) in [4.78, 5) is 11.2. The SMILES string of the molecule is C=CC(=O)c1ccc(P(CC)CC)o1. The van der Waals surface area contributed by atoms with Crippen LogP contribution in [0.4, 0.5) is 0 Å². The Balaban J connectivity index is 2.86. The molecule has 0 aliphatic heterocycles. The van der Waals surface area contributed by atoms with Crippen molar-refractivity contribution in [3.05, 3.63) is 30.5 Å². The first-order valence-corrected chi connectivity index (χ1v) is 6.45. The van der Waals surface area contributed by atoms with E-state index >= 15 is 0 Å². The molecule has 1 rings (SSSR count). The topological polar surface area (TPSA) is 30.2 Å². The van der Waals surface area contributed by atoms with Crippen LogP contribution in [0.2, 0.25) is 0 Å². The van der Waals surface area contributed by atoms with Gasteiger partial charge in [0.2, 0.25) is 5.78 Å². The van der Waals surface area contributed by atoms with E-state index in [1.807, 2.05) is 6.07 Å². The van der Waals surface area contributed by atoms with E-state index in [2.05, 4.69) is 20.4 Å². The molecule has 0 bridgehead atoms. The maximum atomic E-state index is 11.2. The van der Waals surface area contributed by atoms with Gasteiger partial charge < -0.3 is 4.42 Å². The van der Waals surface area contributed by atoms with Crippen molar-refractivity contribution >= 4 is 19.2 Å². The molecule has 1 aromatic heterocycles. The van der Waals surface area contributed by atoms with E-state index in [0.717, 1.165) is 17.8 Å². The highest BCUT2D eigenvalue weighted by atomic mass is 31.1. The van der Waals surface area contributed by atoms with Gasteiger partial charge in [0.25, 0.3) is 0 Å². The minimum absolute atomic E-state index is 0.140. The summed E-state index contributed by atoms with van der Waals surface area (Å²) in [6, 6.07) is 3.65. The van der Waals surface area contributed by atoms with Crippen molar-refractivity contribution < 1.29 is 9.21 Å². The first-order valence-electron chi connectivity index (χ1n) is 4.74. The predicted molar refractivity (Wildman–Crippen MR) is 60.9 cm³/mol. The van der Waals surface area contributed by atoms with Crippen molar-refractivity contribution in [2.24, 2.45) is 0 Å². The van der Waals surface area contributed by atoms with Crippen LogP contribution in [0.1, 0.15) is 24.4 Å². The molecule has 0 spiro atoms. The Morgan fingerprint density at radius 2 is 2.14 bits per heavy atom. The second kappa shape index (κ2) is 5.11. The first-order chi connectivity index (χ1) is 6.72. The molecule has 0 aromatic carbocycles. The number of carbonyl (C=O) groups is 1. The largest absolute Gasteiger partial charge is 0.453 e. The molecule has 0 unspecified atom stereocenters. The summed E-state index contributed by atoms with van der Waals surface area (Å²) in [5.74, 6) is 0.266. The van der Waals surface area contributed by atoms with Crippen molar-refractivity contribution in [2.45, 2.75) is 13.8 Å². The highest BCUT2D eigenvalue weighted by molar-refractivity contribution is 7.65. The quantitative estimate of drug-likeness (QED) is 0.425. The maximum absolute atomic E-state index is 11.2. The lowest BCUT2D eigenvalue weighted by atomic mass is 10.3. The van der Waals surface area contributed by atoms with Gasteiger partial charge in [-0.2, -0.15) is 0 Å². The van der Waals surface area contributed by atoms with Gasteiger partial charge in [0.05, 0.1) is 0 Å². The van der Waals surface area contributed by atoms with Gasteiger partial charge in [-0.25, -0.2) is 0 Å². The van der Waals surface area contributed by atoms with Gasteiger partial charge in [-0.1, -0.05) is 20.4 Å². The van der Waals surface area contributed by atoms with Crippen LogP contribution in [0.25, 0.3) is 0 Å². The fourth-order valence-corrected chi connectivity index (χ4v) is 2.85. The molecule has 0 saturated carbocycles. The molecule has 14 heavy (non-hydrogen) atoms. The minimum Gasteiger partial charge on any atom is -0.453 e. The van der Waals surface area contributed by atoms with Gasteiger partial charge in [-0.05, 0) is 38.5 Å². The third-order valence-corrected chi connectivity index (χ3v) is 4.49. The summed E-state index contributed by atoms with van der Waals surface area (Å²) in [6.07, 6.45) is 3.48. The Morgan fingerprint density at radius 1 is 1.50 bits per heavy atom. The summed E-state index contributed by atoms with van der Waals surface area (Å²) in [5, 5.41) is 0. The van der Waals surface area contributed by atoms with Crippen LogP contribution in [-0.4, -0.2) is 18.1 Å². The molecule has 0 saturated heterocycles. The summed E-state index contributed by atoms with van der Waals surface area (Å²) in [7, 11) is -0.213. The Kier molecular flexibility index (Phi) is 4.09. The molecular formula is C11H15O2P. The molecule has 0 amide bonds. The molecule has 3 heteroatoms. The Morgan fingerprint density at radius 3 is 2.64 bits per heavy atom. The van der Waals surface area contributed by atoms with E-state index in [4.69, 9.17) is 4.42 Å². The van der Waals surface area contributed by atoms with Gasteiger partial charge in [0, 0.05) is 0 Å². The minimum atomic E-state index is -0.213. The van der Waals surface area contributed by atoms with Gasteiger partial charge >= 0.3 is 0 Å². The lowest BCUT2D eigenvalue weighted by Gasteiger charge is -2.08.